The first-order valence-electron chi connectivity index (χ1n) is 11.2. The predicted octanol–water partition coefficient (Wildman–Crippen LogP) is 4.60. The van der Waals surface area contributed by atoms with Crippen molar-refractivity contribution in [2.45, 2.75) is 11.3 Å². The van der Waals surface area contributed by atoms with E-state index in [9.17, 15) is 12.8 Å². The molecular weight excluding hydrogens is 471 g/mol. The molecule has 1 aliphatic heterocycles. The predicted molar refractivity (Wildman–Crippen MR) is 136 cm³/mol. The van der Waals surface area contributed by atoms with Gasteiger partial charge in [-0.15, -0.1) is 0 Å². The van der Waals surface area contributed by atoms with E-state index in [-0.39, 0.29) is 4.90 Å². The second-order valence-corrected chi connectivity index (χ2v) is 10.8. The van der Waals surface area contributed by atoms with Crippen LogP contribution in [0.25, 0.3) is 10.1 Å². The molecule has 0 amide bonds. The summed E-state index contributed by atoms with van der Waals surface area (Å²) in [6.07, 6.45) is 0.724. The van der Waals surface area contributed by atoms with Crippen LogP contribution < -0.4 is 9.62 Å². The summed E-state index contributed by atoms with van der Waals surface area (Å²) in [4.78, 5) is 4.78. The number of piperazine rings is 1. The van der Waals surface area contributed by atoms with Crippen molar-refractivity contribution in [3.63, 3.8) is 0 Å². The van der Waals surface area contributed by atoms with E-state index >= 15 is 0 Å². The van der Waals surface area contributed by atoms with Gasteiger partial charge in [-0.1, -0.05) is 30.3 Å². The van der Waals surface area contributed by atoms with E-state index in [2.05, 4.69) is 37.1 Å². The van der Waals surface area contributed by atoms with Gasteiger partial charge in [0.25, 0.3) is 10.0 Å². The number of benzene rings is 3. The number of nitrogens with zero attached hydrogens (tertiary/aromatic N) is 3. The molecule has 0 atom stereocenters. The quantitative estimate of drug-likeness (QED) is 0.405. The minimum absolute atomic E-state index is 0.0365. The van der Waals surface area contributed by atoms with Gasteiger partial charge >= 0.3 is 0 Å². The van der Waals surface area contributed by atoms with Crippen molar-refractivity contribution in [3.8, 4) is 0 Å². The highest BCUT2D eigenvalue weighted by molar-refractivity contribution is 7.92. The lowest BCUT2D eigenvalue weighted by Gasteiger charge is -2.35. The summed E-state index contributed by atoms with van der Waals surface area (Å²) in [7, 11) is -3.79. The molecule has 0 spiro atoms. The topological polar surface area (TPSA) is 65.5 Å². The Kier molecular flexibility index (Phi) is 6.49. The molecule has 1 N–H and O–H groups in total. The van der Waals surface area contributed by atoms with Gasteiger partial charge in [-0.2, -0.15) is 4.37 Å². The molecule has 0 radical (unpaired) electrons. The van der Waals surface area contributed by atoms with Gasteiger partial charge in [0.1, 0.15) is 11.6 Å². The summed E-state index contributed by atoms with van der Waals surface area (Å²) in [5, 5.41) is 1.21. The van der Waals surface area contributed by atoms with Crippen molar-refractivity contribution in [2.24, 2.45) is 0 Å². The van der Waals surface area contributed by atoms with Crippen molar-refractivity contribution in [3.05, 3.63) is 84.2 Å². The summed E-state index contributed by atoms with van der Waals surface area (Å²) in [6.45, 7) is 4.50. The van der Waals surface area contributed by atoms with Crippen LogP contribution in [0.3, 0.4) is 0 Å². The Balaban J connectivity index is 1.21. The summed E-state index contributed by atoms with van der Waals surface area (Å²) in [6, 6.07) is 20.6. The molecule has 5 rings (SSSR count). The molecule has 6 nitrogen and oxygen atoms in total. The van der Waals surface area contributed by atoms with Crippen LogP contribution in [0.15, 0.2) is 77.7 Å². The van der Waals surface area contributed by atoms with Crippen LogP contribution in [-0.2, 0) is 16.4 Å². The second kappa shape index (κ2) is 9.69. The molecule has 1 aliphatic rings. The number of anilines is 2. The summed E-state index contributed by atoms with van der Waals surface area (Å²) < 4.78 is 47.3. The number of para-hydroxylation sites is 1. The number of fused-ring (bicyclic) bond motifs is 1. The molecular formula is C25H25FN4O2S2. The molecule has 0 saturated carbocycles. The van der Waals surface area contributed by atoms with E-state index in [0.29, 0.717) is 5.69 Å². The Morgan fingerprint density at radius 2 is 1.62 bits per heavy atom. The van der Waals surface area contributed by atoms with Gasteiger partial charge in [0, 0.05) is 38.1 Å². The Hall–Kier alpha value is -3.01. The zero-order valence-electron chi connectivity index (χ0n) is 18.5. The first kappa shape index (κ1) is 22.8. The fourth-order valence-corrected chi connectivity index (χ4v) is 6.11. The number of rotatable bonds is 7. The number of hydrogen-bond donors (Lipinski definition) is 1. The average molecular weight is 497 g/mol. The van der Waals surface area contributed by atoms with E-state index in [1.54, 1.807) is 17.6 Å². The van der Waals surface area contributed by atoms with Crippen molar-refractivity contribution in [2.75, 3.05) is 42.3 Å². The van der Waals surface area contributed by atoms with Crippen LogP contribution in [0.2, 0.25) is 0 Å². The third-order valence-electron chi connectivity index (χ3n) is 6.11. The highest BCUT2D eigenvalue weighted by atomic mass is 32.2. The Bertz CT molecular complexity index is 1380. The molecule has 0 aliphatic carbocycles. The molecule has 1 saturated heterocycles. The minimum Gasteiger partial charge on any atom is -0.353 e. The SMILES string of the molecule is O=S(=O)(Nc1ccccc1CCN1CCN(c2nsc3ccccc23)CC1)c1ccc(F)cc1. The zero-order valence-corrected chi connectivity index (χ0v) is 20.2. The molecule has 4 aromatic rings. The summed E-state index contributed by atoms with van der Waals surface area (Å²) >= 11 is 1.54. The lowest BCUT2D eigenvalue weighted by Crippen LogP contribution is -2.47. The van der Waals surface area contributed by atoms with Gasteiger partial charge in [0.15, 0.2) is 0 Å². The Labute approximate surface area is 202 Å². The highest BCUT2D eigenvalue weighted by Gasteiger charge is 2.21. The minimum atomic E-state index is -3.79. The Morgan fingerprint density at radius 1 is 0.912 bits per heavy atom. The number of aromatic nitrogens is 1. The molecule has 0 unspecified atom stereocenters. The molecule has 2 heterocycles. The van der Waals surface area contributed by atoms with Crippen molar-refractivity contribution < 1.29 is 12.8 Å². The van der Waals surface area contributed by atoms with Crippen LogP contribution in [0, 0.1) is 5.82 Å². The van der Waals surface area contributed by atoms with Gasteiger partial charge in [-0.3, -0.25) is 9.62 Å². The average Bonchev–Trinajstić information content (AvgIpc) is 3.28. The van der Waals surface area contributed by atoms with E-state index in [1.165, 1.54) is 22.2 Å². The van der Waals surface area contributed by atoms with Crippen molar-refractivity contribution in [1.29, 1.82) is 0 Å². The van der Waals surface area contributed by atoms with E-state index < -0.39 is 15.8 Å². The van der Waals surface area contributed by atoms with Crippen LogP contribution in [-0.4, -0.2) is 50.4 Å². The molecule has 9 heteroatoms. The number of nitrogens with one attached hydrogen (secondary N) is 1. The highest BCUT2D eigenvalue weighted by Crippen LogP contribution is 2.30. The summed E-state index contributed by atoms with van der Waals surface area (Å²) in [5.74, 6) is 0.600. The largest absolute Gasteiger partial charge is 0.353 e. The third kappa shape index (κ3) is 4.91. The molecule has 1 fully saturated rings. The van der Waals surface area contributed by atoms with Crippen LogP contribution in [0.4, 0.5) is 15.9 Å². The van der Waals surface area contributed by atoms with Gasteiger partial charge in [-0.05, 0) is 66.0 Å². The van der Waals surface area contributed by atoms with Gasteiger partial charge in [0.05, 0.1) is 15.3 Å². The fourth-order valence-electron chi connectivity index (χ4n) is 4.22. The fraction of sp³-hybridized carbons (Fsp3) is 0.240. The third-order valence-corrected chi connectivity index (χ3v) is 8.31. The lowest BCUT2D eigenvalue weighted by atomic mass is 10.1. The standard InChI is InChI=1S/C25H25FN4O2S2/c26-20-9-11-21(12-10-20)34(31,32)28-23-7-3-1-5-19(23)13-14-29-15-17-30(18-16-29)25-22-6-2-4-8-24(22)33-27-25/h1-12,28H,13-18H2. The maximum atomic E-state index is 13.2. The number of sulfonamides is 1. The molecule has 0 bridgehead atoms. The van der Waals surface area contributed by atoms with Crippen LogP contribution in [0.5, 0.6) is 0 Å². The van der Waals surface area contributed by atoms with Crippen molar-refractivity contribution >= 4 is 43.1 Å². The van der Waals surface area contributed by atoms with E-state index in [0.717, 1.165) is 62.7 Å². The Morgan fingerprint density at radius 3 is 2.41 bits per heavy atom. The number of halogens is 1. The monoisotopic (exact) mass is 496 g/mol. The maximum Gasteiger partial charge on any atom is 0.261 e. The van der Waals surface area contributed by atoms with Gasteiger partial charge in [-0.25, -0.2) is 12.8 Å². The number of hydrogen-bond acceptors (Lipinski definition) is 6. The van der Waals surface area contributed by atoms with Gasteiger partial charge in [0.2, 0.25) is 0 Å². The van der Waals surface area contributed by atoms with Gasteiger partial charge < -0.3 is 4.90 Å². The first-order valence-corrected chi connectivity index (χ1v) is 13.4. The molecule has 176 valence electrons. The van der Waals surface area contributed by atoms with Crippen LogP contribution >= 0.6 is 11.5 Å². The molecule has 3 aromatic carbocycles. The first-order chi connectivity index (χ1) is 16.5. The van der Waals surface area contributed by atoms with E-state index in [4.69, 9.17) is 0 Å². The maximum absolute atomic E-state index is 13.2. The van der Waals surface area contributed by atoms with Crippen molar-refractivity contribution in [1.82, 2.24) is 9.27 Å². The summed E-state index contributed by atoms with van der Waals surface area (Å²) in [5.41, 5.74) is 1.49. The second-order valence-electron chi connectivity index (χ2n) is 8.30. The normalized spacial score (nSPS) is 15.0. The molecule has 1 aromatic heterocycles. The van der Waals surface area contributed by atoms with Crippen LogP contribution in [0.1, 0.15) is 5.56 Å². The lowest BCUT2D eigenvalue weighted by molar-refractivity contribution is 0.261. The zero-order chi connectivity index (χ0) is 23.5. The molecule has 34 heavy (non-hydrogen) atoms. The smallest absolute Gasteiger partial charge is 0.261 e. The van der Waals surface area contributed by atoms with E-state index in [1.807, 2.05) is 24.3 Å².